The zero-order valence-electron chi connectivity index (χ0n) is 11.4. The highest BCUT2D eigenvalue weighted by Crippen LogP contribution is 2.32. The van der Waals surface area contributed by atoms with Crippen LogP contribution in [0, 0.1) is 0 Å². The van der Waals surface area contributed by atoms with Crippen molar-refractivity contribution >= 4 is 28.6 Å². The van der Waals surface area contributed by atoms with E-state index >= 15 is 0 Å². The molecule has 3 rings (SSSR count). The maximum Gasteiger partial charge on any atom is 0.308 e. The van der Waals surface area contributed by atoms with Crippen molar-refractivity contribution in [3.63, 3.8) is 0 Å². The molecule has 0 radical (unpaired) electrons. The van der Waals surface area contributed by atoms with Crippen LogP contribution in [0.4, 0.5) is 0 Å². The molecule has 0 spiro atoms. The molecule has 0 aliphatic rings. The summed E-state index contributed by atoms with van der Waals surface area (Å²) in [5.74, 6) is -0.333. The van der Waals surface area contributed by atoms with Crippen molar-refractivity contribution in [2.75, 3.05) is 0 Å². The van der Waals surface area contributed by atoms with Gasteiger partial charge in [-0.25, -0.2) is 0 Å². The van der Waals surface area contributed by atoms with Gasteiger partial charge in [0.05, 0.1) is 0 Å². The number of fused-ring (bicyclic) bond motifs is 3. The van der Waals surface area contributed by atoms with E-state index in [1.165, 1.54) is 19.9 Å². The molecule has 0 atom stereocenters. The summed E-state index contributed by atoms with van der Waals surface area (Å²) in [6.45, 7) is 2.61. The van der Waals surface area contributed by atoms with Crippen LogP contribution in [0.1, 0.15) is 13.8 Å². The summed E-state index contributed by atoms with van der Waals surface area (Å²) in [6.07, 6.45) is 1.76. The average molecular weight is 285 g/mol. The smallest absolute Gasteiger partial charge is 0.308 e. The first-order valence-corrected chi connectivity index (χ1v) is 6.19. The van der Waals surface area contributed by atoms with Crippen molar-refractivity contribution in [3.05, 3.63) is 30.5 Å². The predicted molar refractivity (Wildman–Crippen MR) is 73.1 cm³/mol. The molecule has 7 heteroatoms. The molecule has 3 aromatic rings. The topological polar surface area (TPSA) is 82.8 Å². The molecule has 0 amide bonds. The lowest BCUT2D eigenvalue weighted by Gasteiger charge is -2.10. The van der Waals surface area contributed by atoms with E-state index in [0.29, 0.717) is 22.4 Å². The Morgan fingerprint density at radius 1 is 1.00 bits per heavy atom. The van der Waals surface area contributed by atoms with Gasteiger partial charge in [0.1, 0.15) is 5.52 Å². The zero-order chi connectivity index (χ0) is 15.0. The highest BCUT2D eigenvalue weighted by Gasteiger charge is 2.16. The number of hydrogen-bond acceptors (Lipinski definition) is 6. The van der Waals surface area contributed by atoms with Crippen LogP contribution in [0.15, 0.2) is 30.5 Å². The summed E-state index contributed by atoms with van der Waals surface area (Å²) < 4.78 is 12.0. The van der Waals surface area contributed by atoms with Gasteiger partial charge in [-0.3, -0.25) is 14.0 Å². The summed E-state index contributed by atoms with van der Waals surface area (Å²) in [7, 11) is 0. The number of carbonyl (C=O) groups is 2. The molecule has 0 aliphatic carbocycles. The fourth-order valence-electron chi connectivity index (χ4n) is 2.09. The Morgan fingerprint density at radius 3 is 2.38 bits per heavy atom. The SMILES string of the molecule is CC(=O)Oc1ccc(OC(C)=O)c2c1nnc1cccn12. The lowest BCUT2D eigenvalue weighted by Crippen LogP contribution is -2.07. The first kappa shape index (κ1) is 13.0. The second-order valence-corrected chi connectivity index (χ2v) is 4.38. The molecule has 0 bridgehead atoms. The van der Waals surface area contributed by atoms with Gasteiger partial charge < -0.3 is 9.47 Å². The Morgan fingerprint density at radius 2 is 1.67 bits per heavy atom. The summed E-state index contributed by atoms with van der Waals surface area (Å²) >= 11 is 0. The number of esters is 2. The second kappa shape index (κ2) is 4.86. The van der Waals surface area contributed by atoms with Crippen LogP contribution in [0.2, 0.25) is 0 Å². The van der Waals surface area contributed by atoms with Crippen LogP contribution in [-0.2, 0) is 9.59 Å². The average Bonchev–Trinajstić information content (AvgIpc) is 2.88. The fraction of sp³-hybridized carbons (Fsp3) is 0.143. The summed E-state index contributed by atoms with van der Waals surface area (Å²) in [5.41, 5.74) is 1.45. The number of carbonyl (C=O) groups excluding carboxylic acids is 2. The van der Waals surface area contributed by atoms with Gasteiger partial charge in [-0.2, -0.15) is 0 Å². The van der Waals surface area contributed by atoms with Crippen LogP contribution in [0.5, 0.6) is 11.5 Å². The van der Waals surface area contributed by atoms with Gasteiger partial charge in [0, 0.05) is 20.0 Å². The van der Waals surface area contributed by atoms with E-state index < -0.39 is 11.9 Å². The van der Waals surface area contributed by atoms with Crippen molar-refractivity contribution in [1.82, 2.24) is 14.6 Å². The van der Waals surface area contributed by atoms with Crippen LogP contribution in [0.25, 0.3) is 16.7 Å². The van der Waals surface area contributed by atoms with Gasteiger partial charge in [0.25, 0.3) is 0 Å². The highest BCUT2D eigenvalue weighted by atomic mass is 16.5. The molecule has 0 saturated carbocycles. The minimum atomic E-state index is -0.467. The third-order valence-corrected chi connectivity index (χ3v) is 2.81. The van der Waals surface area contributed by atoms with Crippen molar-refractivity contribution in [1.29, 1.82) is 0 Å². The Labute approximate surface area is 119 Å². The molecule has 2 aromatic heterocycles. The maximum atomic E-state index is 11.2. The normalized spacial score (nSPS) is 10.8. The Bertz CT molecular complexity index is 869. The Balaban J connectivity index is 2.35. The third kappa shape index (κ3) is 2.29. The van der Waals surface area contributed by atoms with Crippen LogP contribution in [-0.4, -0.2) is 26.5 Å². The monoisotopic (exact) mass is 285 g/mol. The number of ether oxygens (including phenoxy) is 2. The van der Waals surface area contributed by atoms with E-state index in [0.717, 1.165) is 0 Å². The minimum absolute atomic E-state index is 0.261. The fourth-order valence-corrected chi connectivity index (χ4v) is 2.09. The molecule has 106 valence electrons. The number of nitrogens with zero attached hydrogens (tertiary/aromatic N) is 3. The van der Waals surface area contributed by atoms with Gasteiger partial charge in [-0.15, -0.1) is 10.2 Å². The highest BCUT2D eigenvalue weighted by molar-refractivity contribution is 5.91. The number of aromatic nitrogens is 3. The van der Waals surface area contributed by atoms with E-state index in [9.17, 15) is 9.59 Å². The second-order valence-electron chi connectivity index (χ2n) is 4.38. The third-order valence-electron chi connectivity index (χ3n) is 2.81. The number of hydrogen-bond donors (Lipinski definition) is 0. The molecule has 2 heterocycles. The molecule has 0 aliphatic heterocycles. The van der Waals surface area contributed by atoms with Crippen molar-refractivity contribution in [2.45, 2.75) is 13.8 Å². The quantitative estimate of drug-likeness (QED) is 0.527. The number of rotatable bonds is 2. The van der Waals surface area contributed by atoms with Crippen molar-refractivity contribution in [2.24, 2.45) is 0 Å². The largest absolute Gasteiger partial charge is 0.424 e. The van der Waals surface area contributed by atoms with Gasteiger partial charge in [-0.05, 0) is 24.3 Å². The van der Waals surface area contributed by atoms with E-state index in [2.05, 4.69) is 10.2 Å². The van der Waals surface area contributed by atoms with E-state index in [4.69, 9.17) is 9.47 Å². The van der Waals surface area contributed by atoms with E-state index in [1.807, 2.05) is 0 Å². The summed E-state index contributed by atoms with van der Waals surface area (Å²) in [6, 6.07) is 6.64. The molecular formula is C14H11N3O4. The molecule has 0 saturated heterocycles. The lowest BCUT2D eigenvalue weighted by molar-refractivity contribution is -0.132. The van der Waals surface area contributed by atoms with Crippen LogP contribution >= 0.6 is 0 Å². The zero-order valence-corrected chi connectivity index (χ0v) is 11.4. The number of benzene rings is 1. The predicted octanol–water partition coefficient (Wildman–Crippen LogP) is 1.73. The van der Waals surface area contributed by atoms with Crippen LogP contribution < -0.4 is 9.47 Å². The first-order chi connectivity index (χ1) is 10.1. The molecule has 0 fully saturated rings. The van der Waals surface area contributed by atoms with Gasteiger partial charge in [0.15, 0.2) is 22.7 Å². The maximum absolute atomic E-state index is 11.2. The van der Waals surface area contributed by atoms with Crippen molar-refractivity contribution < 1.29 is 19.1 Å². The molecular weight excluding hydrogens is 274 g/mol. The Kier molecular flexibility index (Phi) is 3.02. The summed E-state index contributed by atoms with van der Waals surface area (Å²) in [4.78, 5) is 22.4. The first-order valence-electron chi connectivity index (χ1n) is 6.19. The minimum Gasteiger partial charge on any atom is -0.424 e. The molecule has 0 unspecified atom stereocenters. The molecule has 0 N–H and O–H groups in total. The molecule has 1 aromatic carbocycles. The van der Waals surface area contributed by atoms with Gasteiger partial charge in [0.2, 0.25) is 0 Å². The van der Waals surface area contributed by atoms with E-state index in [-0.39, 0.29) is 5.75 Å². The lowest BCUT2D eigenvalue weighted by atomic mass is 10.2. The molecule has 21 heavy (non-hydrogen) atoms. The van der Waals surface area contributed by atoms with Crippen LogP contribution in [0.3, 0.4) is 0 Å². The van der Waals surface area contributed by atoms with Gasteiger partial charge >= 0.3 is 11.9 Å². The molecule has 7 nitrogen and oxygen atoms in total. The summed E-state index contributed by atoms with van der Waals surface area (Å²) in [5, 5.41) is 8.10. The standard InChI is InChI=1S/C14H11N3O4/c1-8(18)20-10-5-6-11(21-9(2)19)14-13(10)16-15-12-4-3-7-17(12)14/h3-7H,1-2H3. The van der Waals surface area contributed by atoms with Crippen molar-refractivity contribution in [3.8, 4) is 11.5 Å². The van der Waals surface area contributed by atoms with E-state index in [1.54, 1.807) is 28.8 Å². The van der Waals surface area contributed by atoms with Gasteiger partial charge in [-0.1, -0.05) is 0 Å². The Hall–Kier alpha value is -2.96.